The van der Waals surface area contributed by atoms with Gasteiger partial charge in [-0.15, -0.1) is 0 Å². The molecule has 1 saturated heterocycles. The van der Waals surface area contributed by atoms with E-state index >= 15 is 0 Å². The number of nitrogens with one attached hydrogen (secondary N) is 1. The van der Waals surface area contributed by atoms with Crippen molar-refractivity contribution in [2.24, 2.45) is 0 Å². The summed E-state index contributed by atoms with van der Waals surface area (Å²) >= 11 is 6.16. The van der Waals surface area contributed by atoms with E-state index in [2.05, 4.69) is 5.32 Å². The molecule has 1 aliphatic heterocycles. The largest absolute Gasteiger partial charge is 0.493 e. The van der Waals surface area contributed by atoms with E-state index in [9.17, 15) is 10.1 Å². The van der Waals surface area contributed by atoms with Gasteiger partial charge in [-0.3, -0.25) is 4.79 Å². The first-order valence-corrected chi connectivity index (χ1v) is 10.0. The standard InChI is InChI=1S/C23H23ClN2O4/c1-28-22-12-16(8-9-21(22)30-15-17-5-2-3-7-20(17)24)11-18(13-25)23(27)26-14-19-6-4-10-29-19/h2-3,5,7-9,11-12,19H,4,6,10,14-15H2,1H3,(H,26,27)/b18-11+/t19-/m1/s1. The van der Waals surface area contributed by atoms with Crippen LogP contribution >= 0.6 is 11.6 Å². The van der Waals surface area contributed by atoms with Gasteiger partial charge >= 0.3 is 0 Å². The first kappa shape index (κ1) is 21.7. The highest BCUT2D eigenvalue weighted by atomic mass is 35.5. The zero-order chi connectivity index (χ0) is 21.3. The van der Waals surface area contributed by atoms with Gasteiger partial charge in [0.15, 0.2) is 11.5 Å². The van der Waals surface area contributed by atoms with Gasteiger partial charge in [-0.25, -0.2) is 0 Å². The lowest BCUT2D eigenvalue weighted by atomic mass is 10.1. The molecule has 6 nitrogen and oxygen atoms in total. The lowest BCUT2D eigenvalue weighted by Crippen LogP contribution is -2.32. The van der Waals surface area contributed by atoms with Crippen LogP contribution in [0.4, 0.5) is 0 Å². The Balaban J connectivity index is 1.68. The number of nitriles is 1. The van der Waals surface area contributed by atoms with E-state index < -0.39 is 5.91 Å². The zero-order valence-corrected chi connectivity index (χ0v) is 17.4. The van der Waals surface area contributed by atoms with Gasteiger partial charge in [0.05, 0.1) is 13.2 Å². The quantitative estimate of drug-likeness (QED) is 0.507. The average Bonchev–Trinajstić information content (AvgIpc) is 3.29. The number of ether oxygens (including phenoxy) is 3. The Labute approximate surface area is 181 Å². The van der Waals surface area contributed by atoms with Crippen molar-refractivity contribution < 1.29 is 19.0 Å². The highest BCUT2D eigenvalue weighted by molar-refractivity contribution is 6.31. The summed E-state index contributed by atoms with van der Waals surface area (Å²) in [6.45, 7) is 1.41. The molecule has 2 aromatic carbocycles. The maximum absolute atomic E-state index is 12.3. The van der Waals surface area contributed by atoms with Crippen molar-refractivity contribution in [3.63, 3.8) is 0 Å². The molecule has 0 aromatic heterocycles. The molecule has 1 atom stereocenters. The second-order valence-corrected chi connectivity index (χ2v) is 7.21. The van der Waals surface area contributed by atoms with Gasteiger partial charge in [0.2, 0.25) is 0 Å². The highest BCUT2D eigenvalue weighted by Gasteiger charge is 2.18. The molecule has 1 fully saturated rings. The van der Waals surface area contributed by atoms with Crippen molar-refractivity contribution in [3.05, 3.63) is 64.2 Å². The van der Waals surface area contributed by atoms with Crippen LogP contribution in [0, 0.1) is 11.3 Å². The fourth-order valence-corrected chi connectivity index (χ4v) is 3.28. The monoisotopic (exact) mass is 426 g/mol. The van der Waals surface area contributed by atoms with Gasteiger partial charge in [0.25, 0.3) is 5.91 Å². The molecule has 1 aliphatic rings. The molecule has 156 valence electrons. The molecule has 0 bridgehead atoms. The number of benzene rings is 2. The van der Waals surface area contributed by atoms with Crippen LogP contribution in [0.2, 0.25) is 5.02 Å². The number of halogens is 1. The van der Waals surface area contributed by atoms with Crippen LogP contribution in [0.15, 0.2) is 48.0 Å². The maximum Gasteiger partial charge on any atom is 0.262 e. The second-order valence-electron chi connectivity index (χ2n) is 6.81. The van der Waals surface area contributed by atoms with E-state index in [1.165, 1.54) is 13.2 Å². The third-order valence-corrected chi connectivity index (χ3v) is 5.09. The lowest BCUT2D eigenvalue weighted by Gasteiger charge is -2.12. The molecule has 3 rings (SSSR count). The van der Waals surface area contributed by atoms with E-state index in [-0.39, 0.29) is 11.7 Å². The summed E-state index contributed by atoms with van der Waals surface area (Å²) in [4.78, 5) is 12.3. The van der Waals surface area contributed by atoms with Crippen LogP contribution in [-0.2, 0) is 16.1 Å². The van der Waals surface area contributed by atoms with Crippen molar-refractivity contribution in [1.82, 2.24) is 5.32 Å². The van der Waals surface area contributed by atoms with Crippen molar-refractivity contribution in [3.8, 4) is 17.6 Å². The predicted octanol–water partition coefficient (Wildman–Crippen LogP) is 4.13. The van der Waals surface area contributed by atoms with Gasteiger partial charge in [-0.2, -0.15) is 5.26 Å². The molecule has 0 spiro atoms. The Bertz CT molecular complexity index is 962. The van der Waals surface area contributed by atoms with Crippen molar-refractivity contribution >= 4 is 23.6 Å². The van der Waals surface area contributed by atoms with E-state index in [0.717, 1.165) is 18.4 Å². The lowest BCUT2D eigenvalue weighted by molar-refractivity contribution is -0.117. The van der Waals surface area contributed by atoms with Crippen LogP contribution < -0.4 is 14.8 Å². The van der Waals surface area contributed by atoms with Gasteiger partial charge in [0, 0.05) is 23.7 Å². The Hall–Kier alpha value is -3.01. The minimum atomic E-state index is -0.425. The van der Waals surface area contributed by atoms with Crippen LogP contribution in [0.3, 0.4) is 0 Å². The van der Waals surface area contributed by atoms with Crippen molar-refractivity contribution in [2.75, 3.05) is 20.3 Å². The third kappa shape index (κ3) is 5.76. The van der Waals surface area contributed by atoms with E-state index in [1.807, 2.05) is 24.3 Å². The zero-order valence-electron chi connectivity index (χ0n) is 16.7. The Kier molecular flexibility index (Phi) is 7.72. The molecular formula is C23H23ClN2O4. The van der Waals surface area contributed by atoms with Gasteiger partial charge in [-0.05, 0) is 42.7 Å². The first-order chi connectivity index (χ1) is 14.6. The molecule has 0 radical (unpaired) electrons. The summed E-state index contributed by atoms with van der Waals surface area (Å²) < 4.78 is 16.7. The fraction of sp³-hybridized carbons (Fsp3) is 0.304. The number of methoxy groups -OCH3 is 1. The van der Waals surface area contributed by atoms with Gasteiger partial charge in [-0.1, -0.05) is 35.9 Å². The molecule has 1 heterocycles. The van der Waals surface area contributed by atoms with Crippen LogP contribution in [-0.4, -0.2) is 32.3 Å². The van der Waals surface area contributed by atoms with Crippen LogP contribution in [0.1, 0.15) is 24.0 Å². The molecule has 30 heavy (non-hydrogen) atoms. The van der Waals surface area contributed by atoms with E-state index in [0.29, 0.717) is 41.8 Å². The van der Waals surface area contributed by atoms with Crippen molar-refractivity contribution in [2.45, 2.75) is 25.6 Å². The molecule has 1 amide bonds. The van der Waals surface area contributed by atoms with E-state index in [1.54, 1.807) is 24.3 Å². The van der Waals surface area contributed by atoms with Crippen LogP contribution in [0.25, 0.3) is 6.08 Å². The Morgan fingerprint density at radius 2 is 2.17 bits per heavy atom. The number of hydrogen-bond acceptors (Lipinski definition) is 5. The van der Waals surface area contributed by atoms with Crippen LogP contribution in [0.5, 0.6) is 11.5 Å². The predicted molar refractivity (Wildman–Crippen MR) is 114 cm³/mol. The second kappa shape index (κ2) is 10.7. The van der Waals surface area contributed by atoms with E-state index in [4.69, 9.17) is 25.8 Å². The SMILES string of the molecule is COc1cc(/C=C(\C#N)C(=O)NC[C@H]2CCCO2)ccc1OCc1ccccc1Cl. The molecule has 0 saturated carbocycles. The number of hydrogen-bond donors (Lipinski definition) is 1. The summed E-state index contributed by atoms with van der Waals surface area (Å²) in [5.41, 5.74) is 1.53. The summed E-state index contributed by atoms with van der Waals surface area (Å²) in [5, 5.41) is 12.8. The molecule has 2 aromatic rings. The summed E-state index contributed by atoms with van der Waals surface area (Å²) in [6, 6.07) is 14.6. The topological polar surface area (TPSA) is 80.6 Å². The smallest absolute Gasteiger partial charge is 0.262 e. The maximum atomic E-state index is 12.3. The summed E-state index contributed by atoms with van der Waals surface area (Å²) in [6.07, 6.45) is 3.44. The fourth-order valence-electron chi connectivity index (χ4n) is 3.09. The summed E-state index contributed by atoms with van der Waals surface area (Å²) in [7, 11) is 1.53. The molecular weight excluding hydrogens is 404 g/mol. The Morgan fingerprint density at radius 1 is 1.33 bits per heavy atom. The van der Waals surface area contributed by atoms with Crippen molar-refractivity contribution in [1.29, 1.82) is 5.26 Å². The highest BCUT2D eigenvalue weighted by Crippen LogP contribution is 2.30. The summed E-state index contributed by atoms with van der Waals surface area (Å²) in [5.74, 6) is 0.606. The number of rotatable bonds is 8. The number of carbonyl (C=O) groups excluding carboxylic acids is 1. The number of carbonyl (C=O) groups is 1. The minimum Gasteiger partial charge on any atom is -0.493 e. The first-order valence-electron chi connectivity index (χ1n) is 9.66. The average molecular weight is 427 g/mol. The molecule has 7 heteroatoms. The molecule has 0 aliphatic carbocycles. The normalized spacial score (nSPS) is 16.0. The van der Waals surface area contributed by atoms with Gasteiger partial charge in [0.1, 0.15) is 18.2 Å². The third-order valence-electron chi connectivity index (χ3n) is 4.72. The number of nitrogens with zero attached hydrogens (tertiary/aromatic N) is 1. The minimum absolute atomic E-state index is 0.0137. The van der Waals surface area contributed by atoms with Gasteiger partial charge < -0.3 is 19.5 Å². The Morgan fingerprint density at radius 3 is 2.87 bits per heavy atom. The number of amides is 1. The molecule has 1 N–H and O–H groups in total. The molecule has 0 unspecified atom stereocenters.